The van der Waals surface area contributed by atoms with Gasteiger partial charge in [0.05, 0.1) is 25.1 Å². The standard InChI is InChI=1S/C46H57N5O4Si2/c1-45(2,3)40(54-56(32-20-12-8-13-21-32)33-22-14-9-15-23-33)36-30-37(51-31-48-39-42(51)49-44(47)50-43(39)53-29-28-52-7)38(36)41(46(4,5)6)55-57(34-24-16-10-17-25-34)35-26-18-11-19-27-35/h8-27,31,36-38,40-41,56-57H,28-30H2,1-7H3,(H2,47,49,50)/t36-,37+,38+,40?,41?/m0/s1. The average Bonchev–Trinajstić information content (AvgIpc) is 3.61. The number of methoxy groups -OCH3 is 1. The molecule has 0 bridgehead atoms. The van der Waals surface area contributed by atoms with E-state index in [2.05, 4.69) is 172 Å². The molecule has 0 aliphatic heterocycles. The molecule has 0 spiro atoms. The number of ether oxygens (including phenoxy) is 2. The van der Waals surface area contributed by atoms with Crippen molar-refractivity contribution in [3.8, 4) is 5.88 Å². The van der Waals surface area contributed by atoms with Gasteiger partial charge in [0.15, 0.2) is 11.2 Å². The van der Waals surface area contributed by atoms with Crippen LogP contribution in [0, 0.1) is 22.7 Å². The summed E-state index contributed by atoms with van der Waals surface area (Å²) < 4.78 is 28.9. The Bertz CT molecular complexity index is 2100. The van der Waals surface area contributed by atoms with Crippen molar-refractivity contribution in [1.29, 1.82) is 0 Å². The summed E-state index contributed by atoms with van der Waals surface area (Å²) in [5.74, 6) is 0.686. The summed E-state index contributed by atoms with van der Waals surface area (Å²) >= 11 is 0. The van der Waals surface area contributed by atoms with Crippen molar-refractivity contribution in [2.24, 2.45) is 22.7 Å². The smallest absolute Gasteiger partial charge is 0.247 e. The van der Waals surface area contributed by atoms with Gasteiger partial charge >= 0.3 is 0 Å². The first-order valence-corrected chi connectivity index (χ1v) is 23.3. The number of imidazole rings is 1. The minimum atomic E-state index is -2.19. The van der Waals surface area contributed by atoms with Crippen molar-refractivity contribution in [3.05, 3.63) is 128 Å². The second kappa shape index (κ2) is 17.5. The number of benzene rings is 4. The molecule has 1 fully saturated rings. The quantitative estimate of drug-likeness (QED) is 0.107. The minimum Gasteiger partial charge on any atom is -0.474 e. The van der Waals surface area contributed by atoms with E-state index in [1.807, 2.05) is 6.33 Å². The molecule has 1 aliphatic rings. The molecular formula is C46H57N5O4Si2. The lowest BCUT2D eigenvalue weighted by molar-refractivity contribution is -0.127. The van der Waals surface area contributed by atoms with E-state index in [1.54, 1.807) is 7.11 Å². The van der Waals surface area contributed by atoms with Gasteiger partial charge in [-0.2, -0.15) is 9.97 Å². The third-order valence-electron chi connectivity index (χ3n) is 11.2. The normalized spacial score (nSPS) is 18.4. The lowest BCUT2D eigenvalue weighted by atomic mass is 9.57. The van der Waals surface area contributed by atoms with Crippen LogP contribution in [0.5, 0.6) is 5.88 Å². The first-order valence-electron chi connectivity index (χ1n) is 20.1. The fraction of sp³-hybridized carbons (Fsp3) is 0.370. The predicted octanol–water partition coefficient (Wildman–Crippen LogP) is 5.55. The lowest BCUT2D eigenvalue weighted by Gasteiger charge is -2.57. The van der Waals surface area contributed by atoms with Crippen LogP contribution in [-0.4, -0.2) is 70.1 Å². The minimum absolute atomic E-state index is 0.00596. The molecule has 7 rings (SSSR count). The van der Waals surface area contributed by atoms with Crippen LogP contribution in [0.25, 0.3) is 11.2 Å². The number of hydrogen-bond acceptors (Lipinski definition) is 8. The Morgan fingerprint density at radius 3 is 1.56 bits per heavy atom. The van der Waals surface area contributed by atoms with Crippen LogP contribution in [0.3, 0.4) is 0 Å². The first-order chi connectivity index (χ1) is 27.4. The molecule has 5 atom stereocenters. The molecule has 0 saturated heterocycles. The Labute approximate surface area is 341 Å². The maximum atomic E-state index is 7.78. The summed E-state index contributed by atoms with van der Waals surface area (Å²) in [5, 5.41) is 5.04. The number of anilines is 1. The van der Waals surface area contributed by atoms with Crippen molar-refractivity contribution in [2.45, 2.75) is 66.2 Å². The van der Waals surface area contributed by atoms with Crippen molar-refractivity contribution < 1.29 is 18.3 Å². The first kappa shape index (κ1) is 40.5. The third kappa shape index (κ3) is 9.08. The summed E-state index contributed by atoms with van der Waals surface area (Å²) in [5.41, 5.74) is 7.17. The van der Waals surface area contributed by atoms with Gasteiger partial charge in [-0.15, -0.1) is 0 Å². The lowest BCUT2D eigenvalue weighted by Crippen LogP contribution is -2.62. The number of nitrogens with two attached hydrogens (primary N) is 1. The molecule has 57 heavy (non-hydrogen) atoms. The highest BCUT2D eigenvalue weighted by atomic mass is 28.3. The number of nitrogen functional groups attached to an aromatic ring is 1. The highest BCUT2D eigenvalue weighted by Gasteiger charge is 2.56. The Morgan fingerprint density at radius 1 is 0.667 bits per heavy atom. The van der Waals surface area contributed by atoms with Crippen LogP contribution in [0.15, 0.2) is 128 Å². The van der Waals surface area contributed by atoms with Gasteiger partial charge in [0.2, 0.25) is 29.9 Å². The Morgan fingerprint density at radius 2 is 1.12 bits per heavy atom. The molecule has 11 heteroatoms. The molecule has 6 aromatic rings. The van der Waals surface area contributed by atoms with E-state index in [-0.39, 0.29) is 46.9 Å². The molecule has 0 amide bonds. The molecule has 2 N–H and O–H groups in total. The zero-order valence-corrected chi connectivity index (χ0v) is 36.6. The van der Waals surface area contributed by atoms with Crippen LogP contribution in [0.2, 0.25) is 0 Å². The van der Waals surface area contributed by atoms with Gasteiger partial charge in [0.1, 0.15) is 6.61 Å². The molecule has 2 heterocycles. The van der Waals surface area contributed by atoms with Gasteiger partial charge in [0.25, 0.3) is 0 Å². The van der Waals surface area contributed by atoms with E-state index in [0.717, 1.165) is 6.42 Å². The number of aromatic nitrogens is 4. The Kier molecular flexibility index (Phi) is 12.4. The Balaban J connectivity index is 1.36. The van der Waals surface area contributed by atoms with Crippen LogP contribution in [0.1, 0.15) is 54.0 Å². The maximum Gasteiger partial charge on any atom is 0.247 e. The number of hydrogen-bond donors (Lipinski definition) is 1. The second-order valence-electron chi connectivity index (χ2n) is 17.3. The highest BCUT2D eigenvalue weighted by Crippen LogP contribution is 2.56. The number of fused-ring (bicyclic) bond motifs is 1. The fourth-order valence-electron chi connectivity index (χ4n) is 8.53. The molecule has 4 aromatic carbocycles. The highest BCUT2D eigenvalue weighted by molar-refractivity contribution is 6.80. The predicted molar refractivity (Wildman–Crippen MR) is 235 cm³/mol. The van der Waals surface area contributed by atoms with Crippen LogP contribution < -0.4 is 31.2 Å². The average molecular weight is 800 g/mol. The molecule has 1 aliphatic carbocycles. The van der Waals surface area contributed by atoms with Gasteiger partial charge in [-0.1, -0.05) is 163 Å². The fourth-order valence-corrected chi connectivity index (χ4v) is 14.0. The van der Waals surface area contributed by atoms with Crippen molar-refractivity contribution >= 4 is 55.9 Å². The van der Waals surface area contributed by atoms with Crippen molar-refractivity contribution in [3.63, 3.8) is 0 Å². The van der Waals surface area contributed by atoms with E-state index in [1.165, 1.54) is 20.7 Å². The zero-order valence-electron chi connectivity index (χ0n) is 34.3. The monoisotopic (exact) mass is 799 g/mol. The van der Waals surface area contributed by atoms with Crippen molar-refractivity contribution in [2.75, 3.05) is 26.1 Å². The summed E-state index contributed by atoms with van der Waals surface area (Å²) in [6.45, 7) is 14.7. The topological polar surface area (TPSA) is 107 Å². The third-order valence-corrected chi connectivity index (χ3v) is 16.3. The number of rotatable bonds is 15. The van der Waals surface area contributed by atoms with E-state index in [9.17, 15) is 0 Å². The molecule has 2 unspecified atom stereocenters. The summed E-state index contributed by atoms with van der Waals surface area (Å²) in [6, 6.07) is 43.2. The van der Waals surface area contributed by atoms with Crippen molar-refractivity contribution in [1.82, 2.24) is 19.5 Å². The summed E-state index contributed by atoms with van der Waals surface area (Å²) in [6.07, 6.45) is 2.50. The summed E-state index contributed by atoms with van der Waals surface area (Å²) in [4.78, 5) is 14.1. The van der Waals surface area contributed by atoms with E-state index in [4.69, 9.17) is 34.0 Å². The SMILES string of the molecule is COCCOc1nc(N)nc2c1ncn2[C@@H]1C[C@H](C(O[SiH](c2ccccc2)c2ccccc2)C(C)(C)C)[C@H]1C(O[SiH](c1ccccc1)c1ccccc1)C(C)(C)C. The zero-order chi connectivity index (χ0) is 40.2. The summed E-state index contributed by atoms with van der Waals surface area (Å²) in [7, 11) is -2.69. The van der Waals surface area contributed by atoms with Gasteiger partial charge in [-0.05, 0) is 43.9 Å². The molecule has 2 aromatic heterocycles. The van der Waals surface area contributed by atoms with Gasteiger partial charge < -0.3 is 28.6 Å². The number of nitrogens with zero attached hydrogens (tertiary/aromatic N) is 4. The van der Waals surface area contributed by atoms with Gasteiger partial charge in [-0.3, -0.25) is 0 Å². The van der Waals surface area contributed by atoms with E-state index < -0.39 is 18.1 Å². The molecule has 1 saturated carbocycles. The van der Waals surface area contributed by atoms with E-state index >= 15 is 0 Å². The van der Waals surface area contributed by atoms with E-state index in [0.29, 0.717) is 30.3 Å². The molecular weight excluding hydrogens is 743 g/mol. The van der Waals surface area contributed by atoms with Crippen LogP contribution >= 0.6 is 0 Å². The van der Waals surface area contributed by atoms with Gasteiger partial charge in [-0.25, -0.2) is 4.98 Å². The molecule has 0 radical (unpaired) electrons. The van der Waals surface area contributed by atoms with Crippen LogP contribution in [0.4, 0.5) is 5.95 Å². The maximum absolute atomic E-state index is 7.78. The largest absolute Gasteiger partial charge is 0.474 e. The second-order valence-corrected chi connectivity index (χ2v) is 22.1. The Hall–Kier alpha value is -4.66. The molecule has 298 valence electrons. The van der Waals surface area contributed by atoms with Crippen LogP contribution in [-0.2, 0) is 13.6 Å². The molecule has 9 nitrogen and oxygen atoms in total. The van der Waals surface area contributed by atoms with Gasteiger partial charge in [0, 0.05) is 19.1 Å².